The predicted octanol–water partition coefficient (Wildman–Crippen LogP) is 4.81. The van der Waals surface area contributed by atoms with Crippen LogP contribution in [-0.2, 0) is 5.92 Å². The summed E-state index contributed by atoms with van der Waals surface area (Å²) in [5.74, 6) is -11.7. The number of hydrogen-bond donors (Lipinski definition) is 1. The molecular formula is C13H13F7O. The van der Waals surface area contributed by atoms with Crippen molar-refractivity contribution in [2.45, 2.75) is 43.9 Å². The van der Waals surface area contributed by atoms with Crippen molar-refractivity contribution >= 4 is 0 Å². The number of hydrogen-bond acceptors (Lipinski definition) is 1. The monoisotopic (exact) mass is 318 g/mol. The zero-order valence-corrected chi connectivity index (χ0v) is 10.9. The van der Waals surface area contributed by atoms with Crippen molar-refractivity contribution in [3.63, 3.8) is 0 Å². The van der Waals surface area contributed by atoms with E-state index in [4.69, 9.17) is 0 Å². The first-order valence-corrected chi connectivity index (χ1v) is 6.06. The van der Waals surface area contributed by atoms with Gasteiger partial charge >= 0.3 is 18.0 Å². The molecule has 1 nitrogen and oxygen atoms in total. The second kappa shape index (κ2) is 5.82. The lowest BCUT2D eigenvalue weighted by Gasteiger charge is -2.30. The Hall–Kier alpha value is -1.31. The van der Waals surface area contributed by atoms with E-state index in [2.05, 4.69) is 0 Å². The van der Waals surface area contributed by atoms with E-state index >= 15 is 0 Å². The first kappa shape index (κ1) is 17.7. The number of alkyl halides is 7. The summed E-state index contributed by atoms with van der Waals surface area (Å²) >= 11 is 0. The molecule has 0 spiro atoms. The Bertz CT molecular complexity index is 482. The molecule has 1 N–H and O–H groups in total. The zero-order valence-electron chi connectivity index (χ0n) is 10.9. The van der Waals surface area contributed by atoms with Crippen LogP contribution in [0.1, 0.15) is 37.0 Å². The highest BCUT2D eigenvalue weighted by Gasteiger charge is 2.73. The molecule has 0 saturated heterocycles. The Morgan fingerprint density at radius 2 is 1.52 bits per heavy atom. The van der Waals surface area contributed by atoms with Crippen LogP contribution in [0.5, 0.6) is 0 Å². The summed E-state index contributed by atoms with van der Waals surface area (Å²) in [6.07, 6.45) is -7.64. The van der Waals surface area contributed by atoms with Crippen LogP contribution < -0.4 is 0 Å². The Kier molecular flexibility index (Phi) is 4.92. The van der Waals surface area contributed by atoms with Gasteiger partial charge in [0.15, 0.2) is 0 Å². The Morgan fingerprint density at radius 1 is 1.00 bits per heavy atom. The molecule has 0 aliphatic heterocycles. The maximum absolute atomic E-state index is 13.7. The van der Waals surface area contributed by atoms with Crippen LogP contribution in [-0.4, -0.2) is 17.2 Å². The lowest BCUT2D eigenvalue weighted by atomic mass is 9.92. The third-order valence-corrected chi connectivity index (χ3v) is 2.97. The molecule has 1 aromatic carbocycles. The summed E-state index contributed by atoms with van der Waals surface area (Å²) in [6.45, 7) is 1.61. The van der Waals surface area contributed by atoms with Crippen LogP contribution in [0, 0.1) is 0 Å². The second-order valence-corrected chi connectivity index (χ2v) is 4.54. The topological polar surface area (TPSA) is 20.2 Å². The number of rotatable bonds is 5. The van der Waals surface area contributed by atoms with Gasteiger partial charge in [-0.1, -0.05) is 37.6 Å². The molecule has 0 amide bonds. The van der Waals surface area contributed by atoms with Crippen LogP contribution in [0.15, 0.2) is 24.3 Å². The van der Waals surface area contributed by atoms with E-state index in [0.717, 1.165) is 12.1 Å². The number of benzene rings is 1. The highest BCUT2D eigenvalue weighted by molar-refractivity contribution is 5.34. The molecular weight excluding hydrogens is 305 g/mol. The standard InChI is InChI=1S/C13H13F7O/c1-2-5-10(21)8-6-3-4-7-9(8)11(14,15)12(16,17)13(18,19)20/h3-4,6-7,10,21H,2,5H2,1H3. The number of aliphatic hydroxyl groups is 1. The van der Waals surface area contributed by atoms with E-state index < -0.39 is 35.3 Å². The molecule has 0 aromatic heterocycles. The van der Waals surface area contributed by atoms with Crippen molar-refractivity contribution in [2.24, 2.45) is 0 Å². The third-order valence-electron chi connectivity index (χ3n) is 2.97. The molecule has 0 radical (unpaired) electrons. The predicted molar refractivity (Wildman–Crippen MR) is 61.2 cm³/mol. The lowest BCUT2D eigenvalue weighted by molar-refractivity contribution is -0.359. The van der Waals surface area contributed by atoms with Gasteiger partial charge in [0.05, 0.1) is 6.10 Å². The van der Waals surface area contributed by atoms with Gasteiger partial charge < -0.3 is 5.11 Å². The highest BCUT2D eigenvalue weighted by atomic mass is 19.4. The molecule has 120 valence electrons. The molecule has 0 bridgehead atoms. The summed E-state index contributed by atoms with van der Waals surface area (Å²) in [6, 6.07) is 3.47. The van der Waals surface area contributed by atoms with E-state index in [-0.39, 0.29) is 6.42 Å². The zero-order chi connectivity index (χ0) is 16.5. The van der Waals surface area contributed by atoms with Gasteiger partial charge in [-0.2, -0.15) is 30.7 Å². The molecule has 1 aromatic rings. The average Bonchev–Trinajstić information content (AvgIpc) is 2.37. The van der Waals surface area contributed by atoms with Gasteiger partial charge in [-0.3, -0.25) is 0 Å². The normalized spacial score (nSPS) is 15.1. The van der Waals surface area contributed by atoms with Crippen LogP contribution in [0.3, 0.4) is 0 Å². The van der Waals surface area contributed by atoms with Crippen molar-refractivity contribution in [3.05, 3.63) is 35.4 Å². The van der Waals surface area contributed by atoms with E-state index in [1.165, 1.54) is 6.07 Å². The SMILES string of the molecule is CCCC(O)c1ccccc1C(F)(F)C(F)(F)C(F)(F)F. The lowest BCUT2D eigenvalue weighted by Crippen LogP contribution is -2.50. The molecule has 8 heteroatoms. The van der Waals surface area contributed by atoms with Crippen molar-refractivity contribution < 1.29 is 35.8 Å². The Labute approximate surface area is 116 Å². The number of halogens is 7. The average molecular weight is 318 g/mol. The largest absolute Gasteiger partial charge is 0.460 e. The fourth-order valence-corrected chi connectivity index (χ4v) is 1.85. The van der Waals surface area contributed by atoms with E-state index in [1.807, 2.05) is 0 Å². The third kappa shape index (κ3) is 3.14. The van der Waals surface area contributed by atoms with Crippen LogP contribution in [0.25, 0.3) is 0 Å². The maximum atomic E-state index is 13.7. The van der Waals surface area contributed by atoms with Gasteiger partial charge in [-0.25, -0.2) is 0 Å². The van der Waals surface area contributed by atoms with Gasteiger partial charge in [-0.15, -0.1) is 0 Å². The van der Waals surface area contributed by atoms with E-state index in [1.54, 1.807) is 6.92 Å². The van der Waals surface area contributed by atoms with Gasteiger partial charge in [0.2, 0.25) is 0 Å². The molecule has 0 fully saturated rings. The van der Waals surface area contributed by atoms with Crippen molar-refractivity contribution in [3.8, 4) is 0 Å². The van der Waals surface area contributed by atoms with Crippen LogP contribution >= 0.6 is 0 Å². The first-order valence-electron chi connectivity index (χ1n) is 6.06. The number of aliphatic hydroxyl groups excluding tert-OH is 1. The smallest absolute Gasteiger partial charge is 0.388 e. The first-order chi connectivity index (χ1) is 9.46. The fourth-order valence-electron chi connectivity index (χ4n) is 1.85. The minimum atomic E-state index is -6.40. The molecule has 0 saturated carbocycles. The minimum absolute atomic E-state index is 0.0370. The quantitative estimate of drug-likeness (QED) is 0.773. The van der Waals surface area contributed by atoms with Crippen molar-refractivity contribution in [1.82, 2.24) is 0 Å². The molecule has 0 heterocycles. The molecule has 1 unspecified atom stereocenters. The molecule has 1 atom stereocenters. The van der Waals surface area contributed by atoms with Gasteiger partial charge in [0.25, 0.3) is 0 Å². The fraction of sp³-hybridized carbons (Fsp3) is 0.538. The van der Waals surface area contributed by atoms with Gasteiger partial charge in [-0.05, 0) is 12.0 Å². The summed E-state index contributed by atoms with van der Waals surface area (Å²) in [4.78, 5) is 0. The van der Waals surface area contributed by atoms with Gasteiger partial charge in [0.1, 0.15) is 0 Å². The molecule has 1 rings (SSSR count). The summed E-state index contributed by atoms with van der Waals surface area (Å²) in [5.41, 5.74) is -2.15. The second-order valence-electron chi connectivity index (χ2n) is 4.54. The summed E-state index contributed by atoms with van der Waals surface area (Å²) < 4.78 is 90.2. The Balaban J connectivity index is 3.39. The molecule has 21 heavy (non-hydrogen) atoms. The van der Waals surface area contributed by atoms with Gasteiger partial charge in [0, 0.05) is 5.56 Å². The van der Waals surface area contributed by atoms with E-state index in [0.29, 0.717) is 12.5 Å². The molecule has 0 aliphatic rings. The van der Waals surface area contributed by atoms with Crippen molar-refractivity contribution in [1.29, 1.82) is 0 Å². The summed E-state index contributed by atoms with van der Waals surface area (Å²) in [7, 11) is 0. The van der Waals surface area contributed by atoms with Crippen molar-refractivity contribution in [2.75, 3.05) is 0 Å². The van der Waals surface area contributed by atoms with Crippen LogP contribution in [0.4, 0.5) is 30.7 Å². The highest BCUT2D eigenvalue weighted by Crippen LogP contribution is 2.53. The van der Waals surface area contributed by atoms with E-state index in [9.17, 15) is 35.8 Å². The Morgan fingerprint density at radius 3 is 2.00 bits per heavy atom. The summed E-state index contributed by atoms with van der Waals surface area (Å²) in [5, 5.41) is 9.67. The minimum Gasteiger partial charge on any atom is -0.388 e. The van der Waals surface area contributed by atoms with Crippen LogP contribution in [0.2, 0.25) is 0 Å². The molecule has 0 aliphatic carbocycles. The maximum Gasteiger partial charge on any atom is 0.460 e.